The number of aromatic nitrogens is 2. The summed E-state index contributed by atoms with van der Waals surface area (Å²) >= 11 is 0. The molecule has 2 aromatic rings. The molecule has 4 nitrogen and oxygen atoms in total. The van der Waals surface area contributed by atoms with Gasteiger partial charge in [0.05, 0.1) is 0 Å². The number of halogens is 1. The first-order chi connectivity index (χ1) is 8.24. The van der Waals surface area contributed by atoms with Gasteiger partial charge in [0.2, 0.25) is 5.91 Å². The maximum absolute atomic E-state index is 12.9. The number of hydrogen-bond acceptors (Lipinski definition) is 2. The topological polar surface area (TPSA) is 46.9 Å². The maximum atomic E-state index is 12.9. The van der Waals surface area contributed by atoms with Gasteiger partial charge in [0.25, 0.3) is 0 Å². The Labute approximate surface area is 98.1 Å². The Morgan fingerprint density at radius 1 is 1.41 bits per heavy atom. The number of rotatable bonds is 4. The van der Waals surface area contributed by atoms with E-state index in [4.69, 9.17) is 0 Å². The number of benzene rings is 1. The zero-order valence-corrected chi connectivity index (χ0v) is 9.14. The average molecular weight is 233 g/mol. The molecule has 0 spiro atoms. The summed E-state index contributed by atoms with van der Waals surface area (Å²) in [5.41, 5.74) is 0.468. The van der Waals surface area contributed by atoms with Crippen LogP contribution in [0.25, 0.3) is 0 Å². The van der Waals surface area contributed by atoms with Gasteiger partial charge in [-0.15, -0.1) is 0 Å². The van der Waals surface area contributed by atoms with Crippen molar-refractivity contribution < 1.29 is 9.18 Å². The summed E-state index contributed by atoms with van der Waals surface area (Å²) < 4.78 is 14.5. The first kappa shape index (κ1) is 11.3. The average Bonchev–Trinajstić information content (AvgIpc) is 2.79. The standard InChI is InChI=1S/C12H12FN3O/c13-10-3-1-4-11(9-10)15-12(17)5-8-16-7-2-6-14-16/h1-4,6-7,9H,5,8H2,(H,15,17). The van der Waals surface area contributed by atoms with E-state index in [1.54, 1.807) is 35.3 Å². The Morgan fingerprint density at radius 3 is 3.00 bits per heavy atom. The fraction of sp³-hybridized carbons (Fsp3) is 0.167. The van der Waals surface area contributed by atoms with Crippen LogP contribution >= 0.6 is 0 Å². The van der Waals surface area contributed by atoms with Gasteiger partial charge < -0.3 is 5.32 Å². The normalized spacial score (nSPS) is 10.2. The monoisotopic (exact) mass is 233 g/mol. The number of aryl methyl sites for hydroxylation is 1. The van der Waals surface area contributed by atoms with Gasteiger partial charge in [-0.25, -0.2) is 4.39 Å². The lowest BCUT2D eigenvalue weighted by molar-refractivity contribution is -0.116. The molecule has 0 aliphatic heterocycles. The summed E-state index contributed by atoms with van der Waals surface area (Å²) in [5, 5.41) is 6.61. The fourth-order valence-corrected chi connectivity index (χ4v) is 1.44. The third-order valence-corrected chi connectivity index (χ3v) is 2.24. The molecule has 0 aliphatic rings. The van der Waals surface area contributed by atoms with Gasteiger partial charge in [-0.1, -0.05) is 6.07 Å². The highest BCUT2D eigenvalue weighted by molar-refractivity contribution is 5.90. The van der Waals surface area contributed by atoms with E-state index in [9.17, 15) is 9.18 Å². The van der Waals surface area contributed by atoms with Crippen LogP contribution in [0.15, 0.2) is 42.7 Å². The first-order valence-electron chi connectivity index (χ1n) is 5.27. The minimum Gasteiger partial charge on any atom is -0.326 e. The summed E-state index contributed by atoms with van der Waals surface area (Å²) in [6.07, 6.45) is 3.75. The van der Waals surface area contributed by atoms with Crippen molar-refractivity contribution >= 4 is 11.6 Å². The number of carbonyl (C=O) groups is 1. The zero-order valence-electron chi connectivity index (χ0n) is 9.14. The molecule has 0 atom stereocenters. The van der Waals surface area contributed by atoms with Crippen LogP contribution in [-0.2, 0) is 11.3 Å². The fourth-order valence-electron chi connectivity index (χ4n) is 1.44. The summed E-state index contributed by atoms with van der Waals surface area (Å²) in [5.74, 6) is -0.527. The summed E-state index contributed by atoms with van der Waals surface area (Å²) in [4.78, 5) is 11.5. The molecular weight excluding hydrogens is 221 g/mol. The van der Waals surface area contributed by atoms with E-state index in [0.29, 0.717) is 18.7 Å². The van der Waals surface area contributed by atoms with Crippen molar-refractivity contribution in [3.63, 3.8) is 0 Å². The van der Waals surface area contributed by atoms with Crippen molar-refractivity contribution in [2.45, 2.75) is 13.0 Å². The van der Waals surface area contributed by atoms with Crippen molar-refractivity contribution in [2.24, 2.45) is 0 Å². The van der Waals surface area contributed by atoms with Gasteiger partial charge in [0, 0.05) is 31.0 Å². The van der Waals surface area contributed by atoms with Gasteiger partial charge in [-0.2, -0.15) is 5.10 Å². The van der Waals surface area contributed by atoms with E-state index in [1.807, 2.05) is 0 Å². The molecule has 0 saturated carbocycles. The molecule has 5 heteroatoms. The molecule has 0 bridgehead atoms. The Bertz CT molecular complexity index is 496. The number of nitrogens with one attached hydrogen (secondary N) is 1. The molecule has 1 aromatic heterocycles. The molecular formula is C12H12FN3O. The number of hydrogen-bond donors (Lipinski definition) is 1. The van der Waals surface area contributed by atoms with Crippen LogP contribution in [0.4, 0.5) is 10.1 Å². The zero-order chi connectivity index (χ0) is 12.1. The van der Waals surface area contributed by atoms with Gasteiger partial charge in [0.1, 0.15) is 5.82 Å². The van der Waals surface area contributed by atoms with Crippen LogP contribution in [0.2, 0.25) is 0 Å². The largest absolute Gasteiger partial charge is 0.326 e. The number of anilines is 1. The van der Waals surface area contributed by atoms with Crippen molar-refractivity contribution in [2.75, 3.05) is 5.32 Å². The van der Waals surface area contributed by atoms with Crippen LogP contribution in [0.1, 0.15) is 6.42 Å². The quantitative estimate of drug-likeness (QED) is 0.878. The first-order valence-corrected chi connectivity index (χ1v) is 5.27. The Balaban J connectivity index is 1.85. The molecule has 0 saturated heterocycles. The number of amides is 1. The highest BCUT2D eigenvalue weighted by Gasteiger charge is 2.03. The molecule has 2 rings (SSSR count). The van der Waals surface area contributed by atoms with Gasteiger partial charge in [-0.3, -0.25) is 9.48 Å². The van der Waals surface area contributed by atoms with Crippen molar-refractivity contribution in [1.82, 2.24) is 9.78 Å². The third kappa shape index (κ3) is 3.41. The summed E-state index contributed by atoms with van der Waals surface area (Å²) in [7, 11) is 0. The van der Waals surface area contributed by atoms with E-state index in [-0.39, 0.29) is 11.7 Å². The molecule has 0 aliphatic carbocycles. The lowest BCUT2D eigenvalue weighted by Crippen LogP contribution is -2.14. The number of nitrogens with zero attached hydrogens (tertiary/aromatic N) is 2. The summed E-state index contributed by atoms with van der Waals surface area (Å²) in [6, 6.07) is 7.61. The van der Waals surface area contributed by atoms with Crippen molar-refractivity contribution in [3.05, 3.63) is 48.5 Å². The van der Waals surface area contributed by atoms with E-state index in [2.05, 4.69) is 10.4 Å². The minimum atomic E-state index is -0.366. The summed E-state index contributed by atoms with van der Waals surface area (Å²) in [6.45, 7) is 0.508. The molecule has 0 fully saturated rings. The van der Waals surface area contributed by atoms with E-state index < -0.39 is 0 Å². The predicted octanol–water partition coefficient (Wildman–Crippen LogP) is 2.05. The molecule has 1 N–H and O–H groups in total. The molecule has 1 heterocycles. The maximum Gasteiger partial charge on any atom is 0.226 e. The second-order valence-corrected chi connectivity index (χ2v) is 3.58. The van der Waals surface area contributed by atoms with E-state index >= 15 is 0 Å². The van der Waals surface area contributed by atoms with Gasteiger partial charge in [0.15, 0.2) is 0 Å². The van der Waals surface area contributed by atoms with E-state index in [1.165, 1.54) is 12.1 Å². The second-order valence-electron chi connectivity index (χ2n) is 3.58. The molecule has 0 unspecified atom stereocenters. The van der Waals surface area contributed by atoms with Crippen LogP contribution in [0, 0.1) is 5.82 Å². The van der Waals surface area contributed by atoms with Crippen molar-refractivity contribution in [3.8, 4) is 0 Å². The minimum absolute atomic E-state index is 0.161. The lowest BCUT2D eigenvalue weighted by atomic mass is 10.3. The molecule has 88 valence electrons. The van der Waals surface area contributed by atoms with Crippen molar-refractivity contribution in [1.29, 1.82) is 0 Å². The Hall–Kier alpha value is -2.17. The molecule has 0 radical (unpaired) electrons. The van der Waals surface area contributed by atoms with Crippen LogP contribution < -0.4 is 5.32 Å². The lowest BCUT2D eigenvalue weighted by Gasteiger charge is -2.05. The molecule has 1 aromatic carbocycles. The third-order valence-electron chi connectivity index (χ3n) is 2.24. The van der Waals surface area contributed by atoms with E-state index in [0.717, 1.165) is 0 Å². The Morgan fingerprint density at radius 2 is 2.29 bits per heavy atom. The number of carbonyl (C=O) groups excluding carboxylic acids is 1. The van der Waals surface area contributed by atoms with Gasteiger partial charge >= 0.3 is 0 Å². The highest BCUT2D eigenvalue weighted by atomic mass is 19.1. The highest BCUT2D eigenvalue weighted by Crippen LogP contribution is 2.09. The van der Waals surface area contributed by atoms with Gasteiger partial charge in [-0.05, 0) is 24.3 Å². The SMILES string of the molecule is O=C(CCn1cccn1)Nc1cccc(F)c1. The second kappa shape index (κ2) is 5.25. The smallest absolute Gasteiger partial charge is 0.226 e. The molecule has 17 heavy (non-hydrogen) atoms. The molecule has 1 amide bonds. The predicted molar refractivity (Wildman–Crippen MR) is 61.9 cm³/mol. The van der Waals surface area contributed by atoms with Crippen LogP contribution in [-0.4, -0.2) is 15.7 Å². The Kier molecular flexibility index (Phi) is 3.49. The van der Waals surface area contributed by atoms with Crippen LogP contribution in [0.5, 0.6) is 0 Å². The van der Waals surface area contributed by atoms with Crippen LogP contribution in [0.3, 0.4) is 0 Å².